The van der Waals surface area contributed by atoms with Crippen LogP contribution in [0, 0.1) is 13.8 Å². The summed E-state index contributed by atoms with van der Waals surface area (Å²) in [6.45, 7) is 6.05. The van der Waals surface area contributed by atoms with E-state index in [-0.39, 0.29) is 17.7 Å². The van der Waals surface area contributed by atoms with Gasteiger partial charge in [0.15, 0.2) is 5.78 Å². The Balaban J connectivity index is 1.53. The van der Waals surface area contributed by atoms with E-state index in [9.17, 15) is 9.59 Å². The number of benzene rings is 2. The maximum atomic E-state index is 14.5. The van der Waals surface area contributed by atoms with E-state index in [0.29, 0.717) is 35.3 Å². The zero-order chi connectivity index (χ0) is 29.3. The van der Waals surface area contributed by atoms with E-state index in [2.05, 4.69) is 42.3 Å². The van der Waals surface area contributed by atoms with Gasteiger partial charge in [-0.3, -0.25) is 14.6 Å². The Bertz CT molecular complexity index is 1520. The summed E-state index contributed by atoms with van der Waals surface area (Å²) in [6, 6.07) is 14.4. The van der Waals surface area contributed by atoms with Crippen molar-refractivity contribution in [3.05, 3.63) is 87.7 Å². The Morgan fingerprint density at radius 1 is 1.02 bits per heavy atom. The van der Waals surface area contributed by atoms with Crippen LogP contribution in [-0.2, 0) is 17.8 Å². The molecular weight excluding hydrogens is 534 g/mol. The number of carbonyl (C=O) groups is 2. The van der Waals surface area contributed by atoms with E-state index < -0.39 is 0 Å². The summed E-state index contributed by atoms with van der Waals surface area (Å²) in [6.07, 6.45) is 6.06. The fourth-order valence-corrected chi connectivity index (χ4v) is 6.67. The van der Waals surface area contributed by atoms with Crippen LogP contribution in [-0.4, -0.2) is 47.8 Å². The molecule has 2 aromatic carbocycles. The largest absolute Gasteiger partial charge is 0.496 e. The minimum absolute atomic E-state index is 0.00635. The molecule has 7 heteroatoms. The first-order chi connectivity index (χ1) is 19.7. The molecule has 2 aliphatic carbocycles. The Kier molecular flexibility index (Phi) is 8.62. The Morgan fingerprint density at radius 2 is 1.73 bits per heavy atom. The third kappa shape index (κ3) is 5.81. The normalized spacial score (nSPS) is 18.3. The summed E-state index contributed by atoms with van der Waals surface area (Å²) >= 11 is 6.98. The monoisotopic (exact) mass is 571 g/mol. The van der Waals surface area contributed by atoms with Gasteiger partial charge in [0.2, 0.25) is 0 Å². The maximum Gasteiger partial charge on any atom is 0.252 e. The molecule has 1 saturated carbocycles. The van der Waals surface area contributed by atoms with Crippen molar-refractivity contribution in [2.45, 2.75) is 71.5 Å². The van der Waals surface area contributed by atoms with E-state index in [0.717, 1.165) is 70.4 Å². The SMILES string of the molecule is CN[C@H]1CC[C@@H](N(Cc2cc(-c3ccnc(C(C)=O)c3)ccc2OC)C(=O)C2=C(Cl)c3c(C)ccc(C)c3C2)CC1. The van der Waals surface area contributed by atoms with E-state index >= 15 is 0 Å². The molecule has 3 aromatic rings. The van der Waals surface area contributed by atoms with Crippen LogP contribution in [0.15, 0.2) is 54.2 Å². The second kappa shape index (κ2) is 12.2. The van der Waals surface area contributed by atoms with Gasteiger partial charge in [-0.25, -0.2) is 0 Å². The molecule has 0 atom stereocenters. The molecule has 1 aromatic heterocycles. The van der Waals surface area contributed by atoms with Crippen molar-refractivity contribution in [3.8, 4) is 16.9 Å². The molecule has 5 rings (SSSR count). The number of nitrogens with one attached hydrogen (secondary N) is 1. The summed E-state index contributed by atoms with van der Waals surface area (Å²) in [7, 11) is 3.66. The third-order valence-electron chi connectivity index (χ3n) is 8.73. The molecule has 214 valence electrons. The molecule has 0 unspecified atom stereocenters. The van der Waals surface area contributed by atoms with E-state index in [1.54, 1.807) is 19.4 Å². The van der Waals surface area contributed by atoms with Gasteiger partial charge in [0.1, 0.15) is 11.4 Å². The van der Waals surface area contributed by atoms with Gasteiger partial charge in [0, 0.05) is 54.9 Å². The van der Waals surface area contributed by atoms with Crippen LogP contribution in [0.1, 0.15) is 70.9 Å². The molecule has 1 N–H and O–H groups in total. The Morgan fingerprint density at radius 3 is 2.39 bits per heavy atom. The number of hydrogen-bond acceptors (Lipinski definition) is 5. The van der Waals surface area contributed by atoms with E-state index in [1.807, 2.05) is 30.1 Å². The number of amides is 1. The number of fused-ring (bicyclic) bond motifs is 1. The summed E-state index contributed by atoms with van der Waals surface area (Å²) in [4.78, 5) is 32.6. The van der Waals surface area contributed by atoms with Crippen molar-refractivity contribution in [2.75, 3.05) is 14.2 Å². The summed E-state index contributed by atoms with van der Waals surface area (Å²) in [5, 5.41) is 3.98. The number of Topliss-reactive ketones (excluding diaryl/α,β-unsaturated/α-hetero) is 1. The zero-order valence-corrected chi connectivity index (χ0v) is 25.3. The number of ketones is 1. The predicted molar refractivity (Wildman–Crippen MR) is 164 cm³/mol. The number of aromatic nitrogens is 1. The third-order valence-corrected chi connectivity index (χ3v) is 9.15. The molecule has 2 aliphatic rings. The molecule has 41 heavy (non-hydrogen) atoms. The van der Waals surface area contributed by atoms with E-state index in [1.165, 1.54) is 6.92 Å². The highest BCUT2D eigenvalue weighted by Gasteiger charge is 2.35. The van der Waals surface area contributed by atoms with Crippen molar-refractivity contribution in [1.82, 2.24) is 15.2 Å². The van der Waals surface area contributed by atoms with Gasteiger partial charge >= 0.3 is 0 Å². The first-order valence-corrected chi connectivity index (χ1v) is 14.7. The molecule has 1 heterocycles. The van der Waals surface area contributed by atoms with Crippen LogP contribution in [0.3, 0.4) is 0 Å². The van der Waals surface area contributed by atoms with Gasteiger partial charge < -0.3 is 15.0 Å². The highest BCUT2D eigenvalue weighted by molar-refractivity contribution is 6.52. The number of pyridine rings is 1. The average Bonchev–Trinajstić information content (AvgIpc) is 3.35. The number of rotatable bonds is 8. The van der Waals surface area contributed by atoms with Crippen LogP contribution in [0.4, 0.5) is 0 Å². The van der Waals surface area contributed by atoms with Gasteiger partial charge in [-0.15, -0.1) is 0 Å². The smallest absolute Gasteiger partial charge is 0.252 e. The van der Waals surface area contributed by atoms with Crippen molar-refractivity contribution in [2.24, 2.45) is 0 Å². The average molecular weight is 572 g/mol. The fourth-order valence-electron chi connectivity index (χ4n) is 6.26. The first kappa shape index (κ1) is 29.0. The summed E-state index contributed by atoms with van der Waals surface area (Å²) in [5.74, 6) is 0.633. The highest BCUT2D eigenvalue weighted by atomic mass is 35.5. The quantitative estimate of drug-likeness (QED) is 0.307. The van der Waals surface area contributed by atoms with Gasteiger partial charge in [0.05, 0.1) is 12.1 Å². The fraction of sp³-hybridized carbons (Fsp3) is 0.382. The summed E-state index contributed by atoms with van der Waals surface area (Å²) < 4.78 is 5.78. The number of nitrogens with zero attached hydrogens (tertiary/aromatic N) is 2. The molecule has 0 saturated heterocycles. The number of hydrogen-bond donors (Lipinski definition) is 1. The highest BCUT2D eigenvalue weighted by Crippen LogP contribution is 2.41. The number of ether oxygens (including phenoxy) is 1. The lowest BCUT2D eigenvalue weighted by Gasteiger charge is -2.37. The molecular formula is C34H38ClN3O3. The van der Waals surface area contributed by atoms with Gasteiger partial charge in [-0.2, -0.15) is 0 Å². The Labute approximate surface area is 247 Å². The predicted octanol–water partition coefficient (Wildman–Crippen LogP) is 6.64. The molecule has 0 radical (unpaired) electrons. The minimum atomic E-state index is -0.0808. The van der Waals surface area contributed by atoms with Crippen molar-refractivity contribution in [3.63, 3.8) is 0 Å². The molecule has 1 amide bonds. The number of methoxy groups -OCH3 is 1. The lowest BCUT2D eigenvalue weighted by Crippen LogP contribution is -2.45. The maximum absolute atomic E-state index is 14.5. The van der Waals surface area contributed by atoms with Crippen molar-refractivity contribution < 1.29 is 14.3 Å². The molecule has 0 spiro atoms. The van der Waals surface area contributed by atoms with Crippen LogP contribution < -0.4 is 10.1 Å². The second-order valence-corrected chi connectivity index (χ2v) is 11.6. The lowest BCUT2D eigenvalue weighted by molar-refractivity contribution is -0.130. The van der Waals surface area contributed by atoms with E-state index in [4.69, 9.17) is 16.3 Å². The first-order valence-electron chi connectivity index (χ1n) is 14.3. The van der Waals surface area contributed by atoms with Crippen molar-refractivity contribution in [1.29, 1.82) is 0 Å². The molecule has 0 aliphatic heterocycles. The van der Waals surface area contributed by atoms with Gasteiger partial charge in [-0.1, -0.05) is 29.8 Å². The van der Waals surface area contributed by atoms with Crippen LogP contribution in [0.5, 0.6) is 5.75 Å². The number of carbonyl (C=O) groups excluding carboxylic acids is 2. The van der Waals surface area contributed by atoms with Gasteiger partial charge in [0.25, 0.3) is 5.91 Å². The molecule has 0 bridgehead atoms. The molecule has 1 fully saturated rings. The van der Waals surface area contributed by atoms with Crippen LogP contribution in [0.25, 0.3) is 16.2 Å². The molecule has 6 nitrogen and oxygen atoms in total. The zero-order valence-electron chi connectivity index (χ0n) is 24.5. The minimum Gasteiger partial charge on any atom is -0.496 e. The lowest BCUT2D eigenvalue weighted by atomic mass is 9.89. The van der Waals surface area contributed by atoms with Crippen LogP contribution in [0.2, 0.25) is 0 Å². The number of aryl methyl sites for hydroxylation is 2. The van der Waals surface area contributed by atoms with Crippen molar-refractivity contribution >= 4 is 28.3 Å². The Hall–Kier alpha value is -3.48. The standard InChI is InChI=1S/C34H38ClN3O3/c1-20-6-7-21(2)32-28(20)18-29(33(32)35)34(40)38(27-11-9-26(36-4)10-12-27)19-25-16-23(8-13-31(25)41-5)24-14-15-37-30(17-24)22(3)39/h6-8,13-17,26-27,36H,9-12,18-19H2,1-5H3/t26-,27+. The van der Waals surface area contributed by atoms with Gasteiger partial charge in [-0.05, 0) is 98.7 Å². The van der Waals surface area contributed by atoms with Crippen LogP contribution >= 0.6 is 11.6 Å². The summed E-state index contributed by atoms with van der Waals surface area (Å²) in [5.41, 5.74) is 8.24. The number of halogens is 1. The topological polar surface area (TPSA) is 71.5 Å². The second-order valence-electron chi connectivity index (χ2n) is 11.3.